The summed E-state index contributed by atoms with van der Waals surface area (Å²) >= 11 is 0. The molecule has 3 N–H and O–H groups in total. The van der Waals surface area contributed by atoms with Crippen LogP contribution in [0.3, 0.4) is 0 Å². The number of carbonyl (C=O) groups excluding carboxylic acids is 1. The first-order valence-corrected chi connectivity index (χ1v) is 5.88. The van der Waals surface area contributed by atoms with Gasteiger partial charge >= 0.3 is 0 Å². The van der Waals surface area contributed by atoms with E-state index in [1.165, 1.54) is 0 Å². The smallest absolute Gasteiger partial charge is 0.256 e. The molecule has 1 unspecified atom stereocenters. The van der Waals surface area contributed by atoms with Crippen molar-refractivity contribution in [2.75, 3.05) is 25.4 Å². The minimum Gasteiger partial charge on any atom is -0.398 e. The third-order valence-corrected chi connectivity index (χ3v) is 3.35. The van der Waals surface area contributed by atoms with Crippen LogP contribution in [0.1, 0.15) is 22.3 Å². The van der Waals surface area contributed by atoms with Crippen molar-refractivity contribution in [2.45, 2.75) is 13.3 Å². The number of anilines is 1. The second kappa shape index (κ2) is 4.75. The number of aliphatic hydroxyl groups is 1. The number of rotatable bonds is 2. The highest BCUT2D eigenvalue weighted by Gasteiger charge is 2.27. The van der Waals surface area contributed by atoms with Crippen molar-refractivity contribution in [3.05, 3.63) is 29.3 Å². The molecule has 2 rings (SSSR count). The van der Waals surface area contributed by atoms with E-state index >= 15 is 0 Å². The fourth-order valence-electron chi connectivity index (χ4n) is 2.31. The van der Waals surface area contributed by atoms with Gasteiger partial charge in [0.15, 0.2) is 0 Å². The van der Waals surface area contributed by atoms with Crippen LogP contribution in [0, 0.1) is 12.8 Å². The third-order valence-electron chi connectivity index (χ3n) is 3.35. The zero-order valence-electron chi connectivity index (χ0n) is 10.0. The summed E-state index contributed by atoms with van der Waals surface area (Å²) in [6.07, 6.45) is 0.869. The van der Waals surface area contributed by atoms with Gasteiger partial charge in [0.05, 0.1) is 5.56 Å². The number of amides is 1. The minimum atomic E-state index is -0.0171. The monoisotopic (exact) mass is 234 g/mol. The van der Waals surface area contributed by atoms with Crippen LogP contribution in [-0.2, 0) is 0 Å². The van der Waals surface area contributed by atoms with Gasteiger partial charge in [-0.25, -0.2) is 0 Å². The van der Waals surface area contributed by atoms with E-state index in [0.29, 0.717) is 24.3 Å². The number of nitrogen functional groups attached to an aromatic ring is 1. The summed E-state index contributed by atoms with van der Waals surface area (Å²) in [6.45, 7) is 3.37. The summed E-state index contributed by atoms with van der Waals surface area (Å²) in [5.41, 5.74) is 7.90. The molecule has 1 aliphatic rings. The van der Waals surface area contributed by atoms with E-state index in [2.05, 4.69) is 0 Å². The van der Waals surface area contributed by atoms with Crippen LogP contribution >= 0.6 is 0 Å². The van der Waals surface area contributed by atoms with Gasteiger partial charge in [-0.2, -0.15) is 0 Å². The Bertz CT molecular complexity index is 411. The predicted octanol–water partition coefficient (Wildman–Crippen LogP) is 1.03. The van der Waals surface area contributed by atoms with Crippen molar-refractivity contribution in [2.24, 2.45) is 5.92 Å². The lowest BCUT2D eigenvalue weighted by Crippen LogP contribution is -2.30. The second-order valence-electron chi connectivity index (χ2n) is 4.63. The number of aryl methyl sites for hydroxylation is 1. The molecule has 17 heavy (non-hydrogen) atoms. The topological polar surface area (TPSA) is 66.6 Å². The first kappa shape index (κ1) is 11.9. The summed E-state index contributed by atoms with van der Waals surface area (Å²) in [4.78, 5) is 14.1. The van der Waals surface area contributed by atoms with Gasteiger partial charge < -0.3 is 15.7 Å². The normalized spacial score (nSPS) is 19.6. The number of nitrogens with two attached hydrogens (primary N) is 1. The van der Waals surface area contributed by atoms with E-state index in [0.717, 1.165) is 12.0 Å². The number of hydrogen-bond acceptors (Lipinski definition) is 3. The fraction of sp³-hybridized carbons (Fsp3) is 0.462. The quantitative estimate of drug-likeness (QED) is 0.751. The van der Waals surface area contributed by atoms with Gasteiger partial charge in [-0.1, -0.05) is 12.1 Å². The molecule has 1 saturated heterocycles. The molecule has 4 nitrogen and oxygen atoms in total. The van der Waals surface area contributed by atoms with Crippen molar-refractivity contribution in [3.63, 3.8) is 0 Å². The lowest BCUT2D eigenvalue weighted by atomic mass is 10.1. The molecule has 0 radical (unpaired) electrons. The van der Waals surface area contributed by atoms with Crippen LogP contribution in [0.5, 0.6) is 0 Å². The highest BCUT2D eigenvalue weighted by atomic mass is 16.3. The molecule has 0 aromatic heterocycles. The zero-order chi connectivity index (χ0) is 12.4. The summed E-state index contributed by atoms with van der Waals surface area (Å²) in [5, 5.41) is 9.08. The predicted molar refractivity (Wildman–Crippen MR) is 66.7 cm³/mol. The number of nitrogens with zero attached hydrogens (tertiary/aromatic N) is 1. The average molecular weight is 234 g/mol. The Kier molecular flexibility index (Phi) is 3.33. The minimum absolute atomic E-state index is 0.0171. The summed E-state index contributed by atoms with van der Waals surface area (Å²) < 4.78 is 0. The van der Waals surface area contributed by atoms with Crippen LogP contribution in [-0.4, -0.2) is 35.6 Å². The van der Waals surface area contributed by atoms with Crippen molar-refractivity contribution >= 4 is 11.6 Å². The molecule has 1 atom stereocenters. The number of carbonyl (C=O) groups is 1. The van der Waals surface area contributed by atoms with Crippen molar-refractivity contribution in [1.29, 1.82) is 0 Å². The average Bonchev–Trinajstić information content (AvgIpc) is 2.77. The van der Waals surface area contributed by atoms with Gasteiger partial charge in [-0.15, -0.1) is 0 Å². The van der Waals surface area contributed by atoms with E-state index in [1.54, 1.807) is 11.0 Å². The Morgan fingerprint density at radius 3 is 2.94 bits per heavy atom. The van der Waals surface area contributed by atoms with Crippen LogP contribution in [0.15, 0.2) is 18.2 Å². The van der Waals surface area contributed by atoms with Gasteiger partial charge in [-0.05, 0) is 25.0 Å². The lowest BCUT2D eigenvalue weighted by Gasteiger charge is -2.18. The summed E-state index contributed by atoms with van der Waals surface area (Å²) in [6, 6.07) is 5.49. The van der Waals surface area contributed by atoms with Gasteiger partial charge in [0.25, 0.3) is 5.91 Å². The highest BCUT2D eigenvalue weighted by molar-refractivity contribution is 6.00. The Hall–Kier alpha value is -1.55. The van der Waals surface area contributed by atoms with E-state index in [9.17, 15) is 4.79 Å². The first-order valence-electron chi connectivity index (χ1n) is 5.88. The largest absolute Gasteiger partial charge is 0.398 e. The van der Waals surface area contributed by atoms with Crippen LogP contribution in [0.25, 0.3) is 0 Å². The Morgan fingerprint density at radius 2 is 2.35 bits per heavy atom. The fourth-order valence-corrected chi connectivity index (χ4v) is 2.31. The molecule has 1 amide bonds. The Morgan fingerprint density at radius 1 is 1.59 bits per heavy atom. The summed E-state index contributed by atoms with van der Waals surface area (Å²) in [7, 11) is 0. The molecule has 1 heterocycles. The maximum Gasteiger partial charge on any atom is 0.256 e. The third kappa shape index (κ3) is 2.26. The van der Waals surface area contributed by atoms with E-state index in [-0.39, 0.29) is 18.4 Å². The standard InChI is InChI=1S/C13H18N2O2/c1-9-3-2-4-11(14)12(9)13(17)15-6-5-10(7-15)8-16/h2-4,10,16H,5-8,14H2,1H3. The molecule has 1 aromatic carbocycles. The molecule has 1 aromatic rings. The summed E-state index contributed by atoms with van der Waals surface area (Å²) in [5.74, 6) is 0.195. The van der Waals surface area contributed by atoms with Gasteiger partial charge in [-0.3, -0.25) is 4.79 Å². The van der Waals surface area contributed by atoms with Gasteiger partial charge in [0.2, 0.25) is 0 Å². The van der Waals surface area contributed by atoms with Gasteiger partial charge in [0.1, 0.15) is 0 Å². The molecular weight excluding hydrogens is 216 g/mol. The Labute approximate surface area is 101 Å². The lowest BCUT2D eigenvalue weighted by molar-refractivity contribution is 0.0782. The van der Waals surface area contributed by atoms with E-state index < -0.39 is 0 Å². The van der Waals surface area contributed by atoms with Crippen LogP contribution in [0.4, 0.5) is 5.69 Å². The molecule has 1 aliphatic heterocycles. The molecule has 92 valence electrons. The maximum absolute atomic E-state index is 12.3. The number of likely N-dealkylation sites (tertiary alicyclic amines) is 1. The molecule has 0 bridgehead atoms. The van der Waals surface area contributed by atoms with E-state index in [4.69, 9.17) is 10.8 Å². The van der Waals surface area contributed by atoms with Gasteiger partial charge in [0, 0.05) is 31.3 Å². The maximum atomic E-state index is 12.3. The number of aliphatic hydroxyl groups excluding tert-OH is 1. The molecule has 0 saturated carbocycles. The van der Waals surface area contributed by atoms with Crippen molar-refractivity contribution in [1.82, 2.24) is 4.90 Å². The van der Waals surface area contributed by atoms with E-state index in [1.807, 2.05) is 19.1 Å². The number of hydrogen-bond donors (Lipinski definition) is 2. The number of benzene rings is 1. The van der Waals surface area contributed by atoms with Crippen LogP contribution < -0.4 is 5.73 Å². The first-order chi connectivity index (χ1) is 8.13. The Balaban J connectivity index is 2.21. The molecule has 4 heteroatoms. The highest BCUT2D eigenvalue weighted by Crippen LogP contribution is 2.23. The molecule has 0 aliphatic carbocycles. The second-order valence-corrected chi connectivity index (χ2v) is 4.63. The van der Waals surface area contributed by atoms with Crippen molar-refractivity contribution < 1.29 is 9.90 Å². The zero-order valence-corrected chi connectivity index (χ0v) is 10.0. The van der Waals surface area contributed by atoms with Crippen molar-refractivity contribution in [3.8, 4) is 0 Å². The SMILES string of the molecule is Cc1cccc(N)c1C(=O)N1CCC(CO)C1. The molecular formula is C13H18N2O2. The molecule has 1 fully saturated rings. The van der Waals surface area contributed by atoms with Crippen LogP contribution in [0.2, 0.25) is 0 Å². The molecule has 0 spiro atoms.